The molecule has 1 fully saturated rings. The van der Waals surface area contributed by atoms with Crippen LogP contribution in [-0.2, 0) is 4.79 Å². The first-order valence-electron chi connectivity index (χ1n) is 7.45. The predicted molar refractivity (Wildman–Crippen MR) is 79.6 cm³/mol. The van der Waals surface area contributed by atoms with Gasteiger partial charge in [0.2, 0.25) is 0 Å². The molecule has 0 saturated heterocycles. The molecule has 3 rings (SSSR count). The first-order chi connectivity index (χ1) is 10.6. The third kappa shape index (κ3) is 3.29. The van der Waals surface area contributed by atoms with Crippen LogP contribution < -0.4 is 20.7 Å². The summed E-state index contributed by atoms with van der Waals surface area (Å²) in [6.45, 7) is -0.155. The van der Waals surface area contributed by atoms with Gasteiger partial charge in [0.25, 0.3) is 5.91 Å². The third-order valence-electron chi connectivity index (χ3n) is 3.86. The number of ether oxygens (including phenoxy) is 1. The van der Waals surface area contributed by atoms with Crippen LogP contribution >= 0.6 is 0 Å². The monoisotopic (exact) mass is 307 g/mol. The van der Waals surface area contributed by atoms with Gasteiger partial charge in [-0.1, -0.05) is 19.3 Å². The lowest BCUT2D eigenvalue weighted by molar-refractivity contribution is -0.118. The van der Waals surface area contributed by atoms with Crippen molar-refractivity contribution in [3.63, 3.8) is 0 Å². The second-order valence-electron chi connectivity index (χ2n) is 5.60. The van der Waals surface area contributed by atoms with E-state index in [9.17, 15) is 14.0 Å². The topological polar surface area (TPSA) is 79.5 Å². The molecule has 0 spiro atoms. The van der Waals surface area contributed by atoms with Gasteiger partial charge in [-0.3, -0.25) is 4.79 Å². The SMILES string of the molecule is O=C1COc2c(cc(F)cc2NC(=O)NC2CCCCC2)N1. The van der Waals surface area contributed by atoms with Gasteiger partial charge >= 0.3 is 6.03 Å². The van der Waals surface area contributed by atoms with Crippen molar-refractivity contribution < 1.29 is 18.7 Å². The van der Waals surface area contributed by atoms with Crippen molar-refractivity contribution in [3.8, 4) is 5.75 Å². The highest BCUT2D eigenvalue weighted by Gasteiger charge is 2.22. The first-order valence-corrected chi connectivity index (χ1v) is 7.45. The fourth-order valence-electron chi connectivity index (χ4n) is 2.85. The molecule has 1 heterocycles. The Morgan fingerprint density at radius 2 is 2.05 bits per heavy atom. The summed E-state index contributed by atoms with van der Waals surface area (Å²) in [4.78, 5) is 23.3. The van der Waals surface area contributed by atoms with Crippen molar-refractivity contribution in [1.29, 1.82) is 0 Å². The second-order valence-corrected chi connectivity index (χ2v) is 5.60. The largest absolute Gasteiger partial charge is 0.479 e. The minimum atomic E-state index is -0.558. The summed E-state index contributed by atoms with van der Waals surface area (Å²) in [5, 5.41) is 8.01. The predicted octanol–water partition coefficient (Wildman–Crippen LogP) is 2.61. The van der Waals surface area contributed by atoms with Crippen LogP contribution in [0.5, 0.6) is 5.75 Å². The maximum Gasteiger partial charge on any atom is 0.319 e. The number of carbonyl (C=O) groups excluding carboxylic acids is 2. The van der Waals surface area contributed by atoms with E-state index in [0.717, 1.165) is 31.7 Å². The number of hydrogen-bond acceptors (Lipinski definition) is 3. The van der Waals surface area contributed by atoms with Gasteiger partial charge in [0.05, 0.1) is 11.4 Å². The van der Waals surface area contributed by atoms with E-state index in [1.807, 2.05) is 0 Å². The van der Waals surface area contributed by atoms with Crippen molar-refractivity contribution in [3.05, 3.63) is 17.9 Å². The van der Waals surface area contributed by atoms with Crippen LogP contribution in [0.15, 0.2) is 12.1 Å². The number of halogens is 1. The molecule has 0 radical (unpaired) electrons. The quantitative estimate of drug-likeness (QED) is 0.786. The molecule has 1 saturated carbocycles. The Kier molecular flexibility index (Phi) is 4.13. The second kappa shape index (κ2) is 6.21. The molecule has 0 bridgehead atoms. The lowest BCUT2D eigenvalue weighted by Crippen LogP contribution is -2.39. The molecule has 3 N–H and O–H groups in total. The van der Waals surface area contributed by atoms with E-state index in [1.165, 1.54) is 12.5 Å². The van der Waals surface area contributed by atoms with Crippen molar-refractivity contribution in [2.45, 2.75) is 38.1 Å². The number of urea groups is 1. The summed E-state index contributed by atoms with van der Waals surface area (Å²) in [5.41, 5.74) is 0.438. The highest BCUT2D eigenvalue weighted by molar-refractivity contribution is 5.99. The number of amides is 3. The van der Waals surface area contributed by atoms with Crippen LogP contribution in [0.25, 0.3) is 0 Å². The van der Waals surface area contributed by atoms with Gasteiger partial charge < -0.3 is 20.7 Å². The van der Waals surface area contributed by atoms with Crippen molar-refractivity contribution in [2.75, 3.05) is 17.2 Å². The number of carbonyl (C=O) groups is 2. The maximum absolute atomic E-state index is 13.6. The Labute approximate surface area is 127 Å². The number of fused-ring (bicyclic) bond motifs is 1. The first kappa shape index (κ1) is 14.6. The lowest BCUT2D eigenvalue weighted by atomic mass is 9.96. The van der Waals surface area contributed by atoms with Gasteiger partial charge in [0, 0.05) is 18.2 Å². The molecular formula is C15H18FN3O3. The minimum absolute atomic E-state index is 0.152. The standard InChI is InChI=1S/C15H18FN3O3/c16-9-6-11-14(22-8-13(20)18-11)12(7-9)19-15(21)17-10-4-2-1-3-5-10/h6-7,10H,1-5,8H2,(H,18,20)(H2,17,19,21). The number of anilines is 2. The van der Waals surface area contributed by atoms with Gasteiger partial charge in [0.15, 0.2) is 12.4 Å². The van der Waals surface area contributed by atoms with Gasteiger partial charge in [0.1, 0.15) is 5.82 Å². The smallest absolute Gasteiger partial charge is 0.319 e. The Bertz CT molecular complexity index is 600. The molecule has 2 aliphatic rings. The van der Waals surface area contributed by atoms with E-state index in [2.05, 4.69) is 16.0 Å². The van der Waals surface area contributed by atoms with Crippen molar-refractivity contribution in [1.82, 2.24) is 5.32 Å². The van der Waals surface area contributed by atoms with Crippen molar-refractivity contribution >= 4 is 23.3 Å². The molecule has 3 amide bonds. The van der Waals surface area contributed by atoms with E-state index < -0.39 is 5.82 Å². The zero-order valence-corrected chi connectivity index (χ0v) is 12.1. The van der Waals surface area contributed by atoms with Crippen LogP contribution in [0.4, 0.5) is 20.6 Å². The Hall–Kier alpha value is -2.31. The number of benzene rings is 1. The minimum Gasteiger partial charge on any atom is -0.479 e. The fraction of sp³-hybridized carbons (Fsp3) is 0.467. The van der Waals surface area contributed by atoms with Gasteiger partial charge in [-0.2, -0.15) is 0 Å². The normalized spacial score (nSPS) is 18.0. The molecule has 7 heteroatoms. The summed E-state index contributed by atoms with van der Waals surface area (Å²) in [6.07, 6.45) is 5.33. The van der Waals surface area contributed by atoms with Gasteiger partial charge in [-0.05, 0) is 12.8 Å². The average molecular weight is 307 g/mol. The Morgan fingerprint density at radius 1 is 1.27 bits per heavy atom. The zero-order valence-electron chi connectivity index (χ0n) is 12.1. The highest BCUT2D eigenvalue weighted by atomic mass is 19.1. The van der Waals surface area contributed by atoms with Crippen LogP contribution in [0.1, 0.15) is 32.1 Å². The summed E-state index contributed by atoms with van der Waals surface area (Å²) in [6, 6.07) is 2.10. The molecule has 22 heavy (non-hydrogen) atoms. The number of rotatable bonds is 2. The third-order valence-corrected chi connectivity index (χ3v) is 3.86. The van der Waals surface area contributed by atoms with Gasteiger partial charge in [-0.25, -0.2) is 9.18 Å². The summed E-state index contributed by atoms with van der Waals surface area (Å²) >= 11 is 0. The molecule has 1 aromatic carbocycles. The van der Waals surface area contributed by atoms with Crippen LogP contribution in [0.3, 0.4) is 0 Å². The van der Waals surface area contributed by atoms with Crippen LogP contribution in [0, 0.1) is 5.82 Å². The molecule has 1 aliphatic heterocycles. The fourth-order valence-corrected chi connectivity index (χ4v) is 2.85. The Balaban J connectivity index is 1.71. The van der Waals surface area contributed by atoms with Crippen molar-refractivity contribution in [2.24, 2.45) is 0 Å². The summed E-state index contributed by atoms with van der Waals surface area (Å²) in [5.74, 6) is -0.631. The molecular weight excluding hydrogens is 289 g/mol. The zero-order chi connectivity index (χ0) is 15.5. The Morgan fingerprint density at radius 3 is 2.82 bits per heavy atom. The van der Waals surface area contributed by atoms with Gasteiger partial charge in [-0.15, -0.1) is 0 Å². The molecule has 6 nitrogen and oxygen atoms in total. The van der Waals surface area contributed by atoms with Crippen LogP contribution in [-0.4, -0.2) is 24.6 Å². The number of nitrogens with one attached hydrogen (secondary N) is 3. The molecule has 1 aliphatic carbocycles. The van der Waals surface area contributed by atoms with Crippen LogP contribution in [0.2, 0.25) is 0 Å². The number of hydrogen-bond donors (Lipinski definition) is 3. The molecule has 0 unspecified atom stereocenters. The lowest BCUT2D eigenvalue weighted by Gasteiger charge is -2.24. The average Bonchev–Trinajstić information content (AvgIpc) is 2.47. The van der Waals surface area contributed by atoms with E-state index in [4.69, 9.17) is 4.74 Å². The highest BCUT2D eigenvalue weighted by Crippen LogP contribution is 2.36. The molecule has 0 aromatic heterocycles. The summed E-state index contributed by atoms with van der Waals surface area (Å²) < 4.78 is 18.9. The van der Waals surface area contributed by atoms with E-state index in [0.29, 0.717) is 0 Å². The molecule has 118 valence electrons. The van der Waals surface area contributed by atoms with E-state index >= 15 is 0 Å². The molecule has 0 atom stereocenters. The van der Waals surface area contributed by atoms with E-state index in [-0.39, 0.29) is 41.7 Å². The maximum atomic E-state index is 13.6. The van der Waals surface area contributed by atoms with E-state index in [1.54, 1.807) is 0 Å². The summed E-state index contributed by atoms with van der Waals surface area (Å²) in [7, 11) is 0. The molecule has 1 aromatic rings.